The summed E-state index contributed by atoms with van der Waals surface area (Å²) in [4.78, 5) is 0. The van der Waals surface area contributed by atoms with Crippen molar-refractivity contribution < 1.29 is 17.1 Å². The molecule has 6 nitrogen and oxygen atoms in total. The van der Waals surface area contributed by atoms with Gasteiger partial charge in [0.1, 0.15) is 0 Å². The molecule has 0 spiro atoms. The van der Waals surface area contributed by atoms with Gasteiger partial charge in [-0.15, -0.1) is 45.8 Å². The molecule has 0 saturated carbocycles. The molecule has 0 aliphatic carbocycles. The Bertz CT molecular complexity index is 576. The summed E-state index contributed by atoms with van der Waals surface area (Å²) >= 11 is 7.40. The maximum atomic E-state index is 7.13. The van der Waals surface area contributed by atoms with Gasteiger partial charge in [-0.2, -0.15) is 6.20 Å². The van der Waals surface area contributed by atoms with E-state index in [0.29, 0.717) is 0 Å². The van der Waals surface area contributed by atoms with Crippen molar-refractivity contribution in [2.45, 2.75) is 91.9 Å². The molecular formula is C30H52MnN6S2-6. The number of thiocyanates is 2. The van der Waals surface area contributed by atoms with E-state index in [1.165, 1.54) is 74.2 Å². The molecule has 0 N–H and O–H groups in total. The second-order valence-corrected chi connectivity index (χ2v) is 9.93. The topological polar surface area (TPSA) is 104 Å². The van der Waals surface area contributed by atoms with Crippen LogP contribution in [0.2, 0.25) is 0 Å². The second kappa shape index (κ2) is 35.1. The third-order valence-electron chi connectivity index (χ3n) is 7.17. The van der Waals surface area contributed by atoms with Crippen LogP contribution < -0.4 is 0 Å². The van der Waals surface area contributed by atoms with Crippen LogP contribution in [0.5, 0.6) is 0 Å². The maximum Gasteiger partial charge on any atom is 0 e. The molecule has 9 heteroatoms. The average molecular weight is 616 g/mol. The predicted octanol–water partition coefficient (Wildman–Crippen LogP) is 8.79. The molecule has 0 bridgehead atoms. The van der Waals surface area contributed by atoms with Crippen molar-refractivity contribution >= 4 is 25.3 Å². The summed E-state index contributed by atoms with van der Waals surface area (Å²) in [6.45, 7) is 16.6. The fourth-order valence-electron chi connectivity index (χ4n) is 4.35. The molecule has 39 heavy (non-hydrogen) atoms. The molecule has 0 amide bonds. The van der Waals surface area contributed by atoms with E-state index in [-0.39, 0.29) is 17.1 Å². The van der Waals surface area contributed by atoms with Crippen LogP contribution in [-0.4, -0.2) is 45.8 Å². The van der Waals surface area contributed by atoms with Crippen LogP contribution in [0.3, 0.4) is 0 Å². The van der Waals surface area contributed by atoms with Crippen molar-refractivity contribution in [1.29, 1.82) is 10.5 Å². The third kappa shape index (κ3) is 29.9. The van der Waals surface area contributed by atoms with Crippen LogP contribution in [0.1, 0.15) is 91.9 Å². The van der Waals surface area contributed by atoms with Crippen LogP contribution in [0.25, 0.3) is 21.3 Å². The quantitative estimate of drug-likeness (QED) is 0.179. The first-order valence-electron chi connectivity index (χ1n) is 14.5. The van der Waals surface area contributed by atoms with Crippen LogP contribution >= 0.6 is 0 Å². The Kier molecular flexibility index (Phi) is 38.3. The van der Waals surface area contributed by atoms with Crippen LogP contribution in [0.4, 0.5) is 0 Å². The monoisotopic (exact) mass is 615 g/mol. The Balaban J connectivity index is -0.000000412. The van der Waals surface area contributed by atoms with Crippen molar-refractivity contribution in [3.63, 3.8) is 0 Å². The Hall–Kier alpha value is -0.901. The molecular weight excluding hydrogens is 563 g/mol. The van der Waals surface area contributed by atoms with Gasteiger partial charge in [-0.05, 0) is 24.2 Å². The zero-order valence-electron chi connectivity index (χ0n) is 24.9. The first kappa shape index (κ1) is 42.6. The van der Waals surface area contributed by atoms with Gasteiger partial charge in [0.25, 0.3) is 0 Å². The van der Waals surface area contributed by atoms with Crippen molar-refractivity contribution in [3.05, 3.63) is 45.2 Å². The molecule has 3 fully saturated rings. The van der Waals surface area contributed by atoms with E-state index in [0.717, 1.165) is 70.0 Å². The summed E-state index contributed by atoms with van der Waals surface area (Å²) < 4.78 is 0. The van der Waals surface area contributed by atoms with Gasteiger partial charge >= 0.3 is 0 Å². The van der Waals surface area contributed by atoms with Crippen LogP contribution in [-0.2, 0) is 42.3 Å². The van der Waals surface area contributed by atoms with Gasteiger partial charge < -0.3 is 46.5 Å². The summed E-state index contributed by atoms with van der Waals surface area (Å²) in [6.07, 6.45) is 19.3. The normalized spacial score (nSPS) is 18.5. The standard InChI is InChI=1S/3C7H14N.C7H10N.2CHNS.Mn/c4*1-2-7-3-5-8-6-4-7;2*2-1-3;/h3*7H,2-6H2,1H3;3-5H,2,6H2,1H3;2*3H;/q4*-1;;;/p-2. The number of allylic oxidation sites excluding steroid dienone is 2. The van der Waals surface area contributed by atoms with E-state index in [9.17, 15) is 0 Å². The van der Waals surface area contributed by atoms with E-state index in [4.69, 9.17) is 10.5 Å². The zero-order valence-corrected chi connectivity index (χ0v) is 27.7. The summed E-state index contributed by atoms with van der Waals surface area (Å²) in [7, 11) is 0. The minimum Gasteiger partial charge on any atom is -0.696 e. The van der Waals surface area contributed by atoms with Gasteiger partial charge in [-0.25, -0.2) is 10.5 Å². The minimum absolute atomic E-state index is 0. The number of nitrogens with zero attached hydrogens (tertiary/aromatic N) is 6. The third-order valence-corrected chi connectivity index (χ3v) is 7.17. The number of nitriles is 2. The van der Waals surface area contributed by atoms with Gasteiger partial charge in [0, 0.05) is 17.1 Å². The first-order valence-corrected chi connectivity index (χ1v) is 15.3. The molecule has 4 aliphatic rings. The second-order valence-electron chi connectivity index (χ2n) is 9.56. The molecule has 1 radical (unpaired) electrons. The van der Waals surface area contributed by atoms with E-state index >= 15 is 0 Å². The molecule has 4 rings (SSSR count). The molecule has 0 aromatic carbocycles. The molecule has 0 aromatic heterocycles. The van der Waals surface area contributed by atoms with Crippen molar-refractivity contribution in [2.75, 3.05) is 45.8 Å². The molecule has 4 heterocycles. The predicted molar refractivity (Wildman–Crippen MR) is 170 cm³/mol. The number of rotatable bonds is 4. The van der Waals surface area contributed by atoms with Gasteiger partial charge in [-0.3, -0.25) is 0 Å². The van der Waals surface area contributed by atoms with E-state index in [2.05, 4.69) is 86.4 Å². The van der Waals surface area contributed by atoms with Gasteiger partial charge in [0.15, 0.2) is 0 Å². The summed E-state index contributed by atoms with van der Waals surface area (Å²) in [5.74, 6) is 2.98. The summed E-state index contributed by atoms with van der Waals surface area (Å²) in [5, 5.41) is 33.8. The minimum atomic E-state index is 0. The zero-order chi connectivity index (χ0) is 28.7. The van der Waals surface area contributed by atoms with E-state index in [1.54, 1.807) is 0 Å². The van der Waals surface area contributed by atoms with E-state index < -0.39 is 0 Å². The van der Waals surface area contributed by atoms with Gasteiger partial charge in [-0.1, -0.05) is 114 Å². The summed E-state index contributed by atoms with van der Waals surface area (Å²) in [6, 6.07) is 0. The fraction of sp³-hybridized carbons (Fsp3) is 0.800. The maximum absolute atomic E-state index is 7.13. The van der Waals surface area contributed by atoms with Crippen LogP contribution in [0.15, 0.2) is 23.9 Å². The Labute approximate surface area is 263 Å². The number of hydrogen-bond acceptors (Lipinski definition) is 4. The van der Waals surface area contributed by atoms with Crippen molar-refractivity contribution in [1.82, 2.24) is 0 Å². The molecule has 227 valence electrons. The molecule has 0 aromatic rings. The largest absolute Gasteiger partial charge is 0.696 e. The fourth-order valence-corrected chi connectivity index (χ4v) is 4.35. The van der Waals surface area contributed by atoms with Gasteiger partial charge in [0.2, 0.25) is 0 Å². The summed E-state index contributed by atoms with van der Waals surface area (Å²) in [5.41, 5.74) is 1.40. The van der Waals surface area contributed by atoms with Crippen molar-refractivity contribution in [3.8, 4) is 10.8 Å². The van der Waals surface area contributed by atoms with Gasteiger partial charge in [0.05, 0.1) is 0 Å². The molecule has 4 aliphatic heterocycles. The molecule has 0 atom stereocenters. The Morgan fingerprint density at radius 2 is 1.00 bits per heavy atom. The molecule has 0 unspecified atom stereocenters. The Morgan fingerprint density at radius 3 is 1.15 bits per heavy atom. The Morgan fingerprint density at radius 1 is 0.692 bits per heavy atom. The SMILES string of the molecule is CCC1=CC[N-]C=C1.CCC1CC[N-]CC1.CCC1CC[N-]CC1.CCC1CC[N-]CC1.N#C[S-].N#C[S-].[Mn]. The molecule has 3 saturated heterocycles. The van der Waals surface area contributed by atoms with Crippen molar-refractivity contribution in [2.24, 2.45) is 17.8 Å². The van der Waals surface area contributed by atoms with Crippen LogP contribution in [0, 0.1) is 39.1 Å². The first-order chi connectivity index (χ1) is 18.6. The number of piperidine rings is 3. The average Bonchev–Trinajstić information content (AvgIpc) is 3.00. The smallest absolute Gasteiger partial charge is 0 e. The number of hydrogen-bond donors (Lipinski definition) is 0. The van der Waals surface area contributed by atoms with E-state index in [1.807, 2.05) is 6.20 Å².